The normalized spacial score (nSPS) is 16.1. The maximum atomic E-state index is 5.90. The Morgan fingerprint density at radius 1 is 1.58 bits per heavy atom. The minimum Gasteiger partial charge on any atom is -0.397 e. The van der Waals surface area contributed by atoms with Crippen molar-refractivity contribution < 1.29 is 0 Å². The third-order valence-electron chi connectivity index (χ3n) is 1.78. The molecule has 1 heterocycles. The summed E-state index contributed by atoms with van der Waals surface area (Å²) in [6.07, 6.45) is 4.03. The minimum atomic E-state index is 0.568. The van der Waals surface area contributed by atoms with Crippen LogP contribution < -0.4 is 11.1 Å². The molecule has 0 radical (unpaired) electrons. The molecule has 1 saturated carbocycles. The fourth-order valence-electron chi connectivity index (χ4n) is 0.980. The highest BCUT2D eigenvalue weighted by molar-refractivity contribution is 6.33. The van der Waals surface area contributed by atoms with E-state index in [9.17, 15) is 0 Å². The standard InChI is InChI=1S/C8H10ClN3/c9-7-3-5(10)4-11-8(7)12-6-1-2-6/h3-4,6H,1-2,10H2,(H,11,12). The van der Waals surface area contributed by atoms with Gasteiger partial charge in [-0.2, -0.15) is 0 Å². The monoisotopic (exact) mass is 183 g/mol. The fourth-order valence-corrected chi connectivity index (χ4v) is 1.21. The van der Waals surface area contributed by atoms with E-state index in [0.29, 0.717) is 16.8 Å². The van der Waals surface area contributed by atoms with Crippen molar-refractivity contribution in [1.82, 2.24) is 4.98 Å². The zero-order valence-corrected chi connectivity index (χ0v) is 7.30. The van der Waals surface area contributed by atoms with Crippen LogP contribution in [0.2, 0.25) is 5.02 Å². The van der Waals surface area contributed by atoms with Gasteiger partial charge in [-0.25, -0.2) is 4.98 Å². The molecule has 1 aliphatic carbocycles. The van der Waals surface area contributed by atoms with Gasteiger partial charge in [-0.3, -0.25) is 0 Å². The molecule has 4 heteroatoms. The molecule has 1 aromatic rings. The van der Waals surface area contributed by atoms with E-state index >= 15 is 0 Å². The van der Waals surface area contributed by atoms with Gasteiger partial charge in [0.25, 0.3) is 0 Å². The molecule has 0 atom stereocenters. The van der Waals surface area contributed by atoms with Crippen molar-refractivity contribution in [2.45, 2.75) is 18.9 Å². The van der Waals surface area contributed by atoms with Crippen LogP contribution >= 0.6 is 11.6 Å². The van der Waals surface area contributed by atoms with Gasteiger partial charge in [0.05, 0.1) is 16.9 Å². The lowest BCUT2D eigenvalue weighted by Crippen LogP contribution is -2.03. The summed E-state index contributed by atoms with van der Waals surface area (Å²) in [4.78, 5) is 4.09. The van der Waals surface area contributed by atoms with Gasteiger partial charge in [0.1, 0.15) is 5.82 Å². The molecule has 0 aromatic carbocycles. The quantitative estimate of drug-likeness (QED) is 0.736. The Kier molecular flexibility index (Phi) is 1.81. The van der Waals surface area contributed by atoms with Gasteiger partial charge in [-0.1, -0.05) is 11.6 Å². The Bertz CT molecular complexity index is 296. The third-order valence-corrected chi connectivity index (χ3v) is 2.07. The second kappa shape index (κ2) is 2.83. The van der Waals surface area contributed by atoms with Crippen LogP contribution in [0.15, 0.2) is 12.3 Å². The number of pyridine rings is 1. The fraction of sp³-hybridized carbons (Fsp3) is 0.375. The minimum absolute atomic E-state index is 0.568. The molecule has 3 nitrogen and oxygen atoms in total. The van der Waals surface area contributed by atoms with Gasteiger partial charge >= 0.3 is 0 Å². The lowest BCUT2D eigenvalue weighted by molar-refractivity contribution is 1.11. The van der Waals surface area contributed by atoms with Gasteiger partial charge in [0.15, 0.2) is 0 Å². The molecule has 1 aliphatic rings. The van der Waals surface area contributed by atoms with Crippen LogP contribution in [-0.4, -0.2) is 11.0 Å². The molecule has 1 fully saturated rings. The summed E-state index contributed by atoms with van der Waals surface area (Å²) in [6, 6.07) is 2.28. The van der Waals surface area contributed by atoms with Crippen LogP contribution in [0.5, 0.6) is 0 Å². The second-order valence-corrected chi connectivity index (χ2v) is 3.42. The van der Waals surface area contributed by atoms with Crippen molar-refractivity contribution in [2.75, 3.05) is 11.1 Å². The van der Waals surface area contributed by atoms with E-state index < -0.39 is 0 Å². The van der Waals surface area contributed by atoms with Crippen molar-refractivity contribution >= 4 is 23.1 Å². The Labute approximate surface area is 75.9 Å². The lowest BCUT2D eigenvalue weighted by atomic mass is 10.4. The highest BCUT2D eigenvalue weighted by Gasteiger charge is 2.22. The molecular formula is C8H10ClN3. The van der Waals surface area contributed by atoms with E-state index in [0.717, 1.165) is 5.82 Å². The number of nitrogens with one attached hydrogen (secondary N) is 1. The smallest absolute Gasteiger partial charge is 0.145 e. The number of anilines is 2. The van der Waals surface area contributed by atoms with Crippen LogP contribution in [0.25, 0.3) is 0 Å². The molecule has 0 bridgehead atoms. The number of rotatable bonds is 2. The second-order valence-electron chi connectivity index (χ2n) is 3.02. The molecular weight excluding hydrogens is 174 g/mol. The maximum absolute atomic E-state index is 5.90. The van der Waals surface area contributed by atoms with Crippen LogP contribution in [0.4, 0.5) is 11.5 Å². The molecule has 0 saturated heterocycles. The Balaban J connectivity index is 2.18. The van der Waals surface area contributed by atoms with Crippen molar-refractivity contribution in [3.63, 3.8) is 0 Å². The van der Waals surface area contributed by atoms with Gasteiger partial charge in [0.2, 0.25) is 0 Å². The van der Waals surface area contributed by atoms with Crippen LogP contribution in [0.1, 0.15) is 12.8 Å². The van der Waals surface area contributed by atoms with E-state index in [4.69, 9.17) is 17.3 Å². The van der Waals surface area contributed by atoms with E-state index in [1.54, 1.807) is 12.3 Å². The zero-order chi connectivity index (χ0) is 8.55. The molecule has 12 heavy (non-hydrogen) atoms. The predicted molar refractivity (Wildman–Crippen MR) is 50.3 cm³/mol. The SMILES string of the molecule is Nc1cnc(NC2CC2)c(Cl)c1. The summed E-state index contributed by atoms with van der Waals surface area (Å²) in [5.74, 6) is 0.744. The number of hydrogen-bond acceptors (Lipinski definition) is 3. The van der Waals surface area contributed by atoms with E-state index in [-0.39, 0.29) is 0 Å². The van der Waals surface area contributed by atoms with Crippen LogP contribution in [0, 0.1) is 0 Å². The highest BCUT2D eigenvalue weighted by atomic mass is 35.5. The van der Waals surface area contributed by atoms with Gasteiger partial charge in [0, 0.05) is 6.04 Å². The molecule has 0 spiro atoms. The Morgan fingerprint density at radius 3 is 2.92 bits per heavy atom. The molecule has 0 unspecified atom stereocenters. The molecule has 1 aromatic heterocycles. The average molecular weight is 184 g/mol. The molecule has 3 N–H and O–H groups in total. The first-order chi connectivity index (χ1) is 5.75. The van der Waals surface area contributed by atoms with Gasteiger partial charge in [-0.05, 0) is 18.9 Å². The Morgan fingerprint density at radius 2 is 2.33 bits per heavy atom. The first-order valence-corrected chi connectivity index (χ1v) is 4.31. The zero-order valence-electron chi connectivity index (χ0n) is 6.55. The first-order valence-electron chi connectivity index (χ1n) is 3.93. The molecule has 0 amide bonds. The van der Waals surface area contributed by atoms with Gasteiger partial charge < -0.3 is 11.1 Å². The predicted octanol–water partition coefficient (Wildman–Crippen LogP) is 1.89. The van der Waals surface area contributed by atoms with Crippen molar-refractivity contribution in [3.05, 3.63) is 17.3 Å². The summed E-state index contributed by atoms with van der Waals surface area (Å²) in [7, 11) is 0. The number of nitrogens with two attached hydrogens (primary N) is 1. The molecule has 64 valence electrons. The number of nitrogens with zero attached hydrogens (tertiary/aromatic N) is 1. The van der Waals surface area contributed by atoms with Crippen molar-refractivity contribution in [1.29, 1.82) is 0 Å². The highest BCUT2D eigenvalue weighted by Crippen LogP contribution is 2.28. The first kappa shape index (κ1) is 7.68. The largest absolute Gasteiger partial charge is 0.397 e. The molecule has 0 aliphatic heterocycles. The van der Waals surface area contributed by atoms with E-state index in [2.05, 4.69) is 10.3 Å². The number of nitrogen functional groups attached to an aromatic ring is 1. The topological polar surface area (TPSA) is 50.9 Å². The Hall–Kier alpha value is -0.960. The number of aromatic nitrogens is 1. The van der Waals surface area contributed by atoms with Crippen LogP contribution in [0.3, 0.4) is 0 Å². The number of hydrogen-bond donors (Lipinski definition) is 2. The van der Waals surface area contributed by atoms with E-state index in [1.165, 1.54) is 12.8 Å². The summed E-state index contributed by atoms with van der Waals surface area (Å²) in [6.45, 7) is 0. The van der Waals surface area contributed by atoms with E-state index in [1.807, 2.05) is 0 Å². The number of halogens is 1. The van der Waals surface area contributed by atoms with Gasteiger partial charge in [-0.15, -0.1) is 0 Å². The summed E-state index contributed by atoms with van der Waals surface area (Å²) < 4.78 is 0. The maximum Gasteiger partial charge on any atom is 0.145 e. The average Bonchev–Trinajstić information content (AvgIpc) is 2.79. The summed E-state index contributed by atoms with van der Waals surface area (Å²) in [5, 5.41) is 3.81. The lowest BCUT2D eigenvalue weighted by Gasteiger charge is -2.05. The summed E-state index contributed by atoms with van der Waals surface area (Å²) in [5.41, 5.74) is 6.10. The van der Waals surface area contributed by atoms with Crippen LogP contribution in [-0.2, 0) is 0 Å². The molecule has 2 rings (SSSR count). The summed E-state index contributed by atoms with van der Waals surface area (Å²) >= 11 is 5.90. The van der Waals surface area contributed by atoms with Crippen molar-refractivity contribution in [2.24, 2.45) is 0 Å². The third kappa shape index (κ3) is 1.61. The van der Waals surface area contributed by atoms with Crippen molar-refractivity contribution in [3.8, 4) is 0 Å².